The van der Waals surface area contributed by atoms with Crippen LogP contribution in [0.5, 0.6) is 0 Å². The van der Waals surface area contributed by atoms with E-state index in [1.165, 1.54) is 0 Å². The van der Waals surface area contributed by atoms with Crippen LogP contribution in [-0.2, 0) is 16.0 Å². The average molecular weight is 400 g/mol. The second-order valence-electron chi connectivity index (χ2n) is 9.10. The number of benzene rings is 1. The third-order valence-corrected chi connectivity index (χ3v) is 4.86. The highest BCUT2D eigenvalue weighted by Gasteiger charge is 2.22. The molecule has 0 unspecified atom stereocenters. The lowest BCUT2D eigenvalue weighted by atomic mass is 9.91. The highest BCUT2D eigenvalue weighted by molar-refractivity contribution is 5.78. The number of aryl methyl sites for hydroxylation is 1. The quantitative estimate of drug-likeness (QED) is 0.659. The third-order valence-electron chi connectivity index (χ3n) is 4.86. The molecule has 0 saturated carbocycles. The second kappa shape index (κ2) is 9.87. The maximum absolute atomic E-state index is 12.3. The van der Waals surface area contributed by atoms with Crippen LogP contribution in [-0.4, -0.2) is 46.1 Å². The van der Waals surface area contributed by atoms with Crippen LogP contribution in [0.15, 0.2) is 24.3 Å². The Hall–Kier alpha value is -2.41. The summed E-state index contributed by atoms with van der Waals surface area (Å²) in [7, 11) is 0. The van der Waals surface area contributed by atoms with Crippen molar-refractivity contribution in [3.63, 3.8) is 0 Å². The summed E-state index contributed by atoms with van der Waals surface area (Å²) in [6.45, 7) is 14.4. The van der Waals surface area contributed by atoms with Crippen molar-refractivity contribution in [3.8, 4) is 11.4 Å². The normalized spacial score (nSPS) is 12.1. The molecule has 1 aromatic heterocycles. The van der Waals surface area contributed by atoms with Gasteiger partial charge >= 0.3 is 0 Å². The molecule has 29 heavy (non-hydrogen) atoms. The van der Waals surface area contributed by atoms with Gasteiger partial charge < -0.3 is 10.1 Å². The van der Waals surface area contributed by atoms with Gasteiger partial charge in [-0.3, -0.25) is 4.79 Å². The molecule has 2 rings (SSSR count). The minimum absolute atomic E-state index is 0.00497. The molecule has 1 amide bonds. The van der Waals surface area contributed by atoms with E-state index in [0.29, 0.717) is 31.2 Å². The molecule has 0 saturated heterocycles. The van der Waals surface area contributed by atoms with E-state index < -0.39 is 0 Å². The Balaban J connectivity index is 1.80. The summed E-state index contributed by atoms with van der Waals surface area (Å²) in [4.78, 5) is 12.3. The number of aromatic nitrogens is 4. The first kappa shape index (κ1) is 22.9. The molecular weight excluding hydrogens is 366 g/mol. The van der Waals surface area contributed by atoms with Crippen molar-refractivity contribution in [1.82, 2.24) is 25.7 Å². The number of carbonyl (C=O) groups is 1. The predicted octanol–water partition coefficient (Wildman–Crippen LogP) is 3.38. The van der Waals surface area contributed by atoms with Crippen LogP contribution in [0, 0.1) is 17.8 Å². The summed E-state index contributed by atoms with van der Waals surface area (Å²) in [6, 6.07) is 7.56. The molecule has 158 valence electrons. The molecule has 0 aliphatic rings. The van der Waals surface area contributed by atoms with Crippen molar-refractivity contribution in [1.29, 1.82) is 0 Å². The van der Waals surface area contributed by atoms with Gasteiger partial charge in [0.1, 0.15) is 0 Å². The molecule has 0 spiro atoms. The van der Waals surface area contributed by atoms with Gasteiger partial charge in [0.15, 0.2) is 5.82 Å². The van der Waals surface area contributed by atoms with Crippen molar-refractivity contribution in [2.24, 2.45) is 10.8 Å². The number of amides is 1. The van der Waals surface area contributed by atoms with Gasteiger partial charge in [0.2, 0.25) is 11.7 Å². The Morgan fingerprint density at radius 3 is 2.14 bits per heavy atom. The number of hydrogen-bond donors (Lipinski definition) is 1. The van der Waals surface area contributed by atoms with Crippen molar-refractivity contribution >= 4 is 5.91 Å². The number of carbonyl (C=O) groups excluding carboxylic acids is 1. The summed E-state index contributed by atoms with van der Waals surface area (Å²) in [5, 5.41) is 18.9. The van der Waals surface area contributed by atoms with Crippen LogP contribution in [0.3, 0.4) is 0 Å². The lowest BCUT2D eigenvalue weighted by Gasteiger charge is -2.28. The molecular formula is C22H33N5O2. The first-order chi connectivity index (χ1) is 13.6. The maximum atomic E-state index is 12.3. The molecule has 1 N–H and O–H groups in total. The van der Waals surface area contributed by atoms with Gasteiger partial charge in [0, 0.05) is 17.5 Å². The first-order valence-corrected chi connectivity index (χ1v) is 10.1. The van der Waals surface area contributed by atoms with Crippen molar-refractivity contribution in [2.75, 3.05) is 19.8 Å². The number of rotatable bonds is 10. The van der Waals surface area contributed by atoms with Gasteiger partial charge in [-0.05, 0) is 24.3 Å². The van der Waals surface area contributed by atoms with Crippen LogP contribution >= 0.6 is 0 Å². The molecule has 0 aliphatic heterocycles. The van der Waals surface area contributed by atoms with Crippen molar-refractivity contribution < 1.29 is 9.53 Å². The summed E-state index contributed by atoms with van der Waals surface area (Å²) < 4.78 is 5.89. The number of ether oxygens (including phenoxy) is 1. The fourth-order valence-corrected chi connectivity index (χ4v) is 2.51. The van der Waals surface area contributed by atoms with Crippen LogP contribution < -0.4 is 5.32 Å². The third kappa shape index (κ3) is 7.85. The lowest BCUT2D eigenvalue weighted by molar-refractivity contribution is -0.121. The fourth-order valence-electron chi connectivity index (χ4n) is 2.51. The van der Waals surface area contributed by atoms with E-state index in [1.54, 1.807) is 6.92 Å². The summed E-state index contributed by atoms with van der Waals surface area (Å²) in [6.07, 6.45) is 1.40. The van der Waals surface area contributed by atoms with E-state index in [-0.39, 0.29) is 16.7 Å². The SMILES string of the molecule is CCC(C)(C)COCC(C)(C)CNC(=O)Cc1ccc(-c2nnc(C)nn2)cc1. The monoisotopic (exact) mass is 399 g/mol. The standard InChI is InChI=1S/C22H33N5O2/c1-7-21(3,4)14-29-15-22(5,6)13-23-19(28)12-17-8-10-18(11-9-17)20-26-24-16(2)25-27-20/h8-11H,7,12-15H2,1-6H3,(H,23,28). The number of nitrogens with one attached hydrogen (secondary N) is 1. The number of nitrogens with zero attached hydrogens (tertiary/aromatic N) is 4. The smallest absolute Gasteiger partial charge is 0.224 e. The van der Waals surface area contributed by atoms with E-state index in [4.69, 9.17) is 4.74 Å². The largest absolute Gasteiger partial charge is 0.380 e. The minimum atomic E-state index is -0.119. The topological polar surface area (TPSA) is 89.9 Å². The van der Waals surface area contributed by atoms with E-state index in [1.807, 2.05) is 24.3 Å². The van der Waals surface area contributed by atoms with Gasteiger partial charge in [-0.2, -0.15) is 0 Å². The molecule has 2 aromatic rings. The van der Waals surface area contributed by atoms with E-state index in [9.17, 15) is 4.79 Å². The van der Waals surface area contributed by atoms with Gasteiger partial charge in [0.05, 0.1) is 19.6 Å². The zero-order chi connectivity index (χ0) is 21.5. The Labute approximate surface area is 173 Å². The zero-order valence-electron chi connectivity index (χ0n) is 18.5. The highest BCUT2D eigenvalue weighted by Crippen LogP contribution is 2.22. The minimum Gasteiger partial charge on any atom is -0.380 e. The van der Waals surface area contributed by atoms with E-state index in [2.05, 4.69) is 60.3 Å². The molecule has 0 fully saturated rings. The van der Waals surface area contributed by atoms with Gasteiger partial charge in [-0.25, -0.2) is 0 Å². The van der Waals surface area contributed by atoms with Crippen LogP contribution in [0.25, 0.3) is 11.4 Å². The summed E-state index contributed by atoms with van der Waals surface area (Å²) in [5.41, 5.74) is 1.81. The first-order valence-electron chi connectivity index (χ1n) is 10.1. The molecule has 0 atom stereocenters. The van der Waals surface area contributed by atoms with Crippen molar-refractivity contribution in [2.45, 2.75) is 54.4 Å². The molecule has 0 bridgehead atoms. The lowest BCUT2D eigenvalue weighted by Crippen LogP contribution is -2.38. The maximum Gasteiger partial charge on any atom is 0.224 e. The fraction of sp³-hybridized carbons (Fsp3) is 0.591. The van der Waals surface area contributed by atoms with Crippen LogP contribution in [0.2, 0.25) is 0 Å². The molecule has 0 radical (unpaired) electrons. The van der Waals surface area contributed by atoms with Gasteiger partial charge in [-0.15, -0.1) is 20.4 Å². The Kier molecular flexibility index (Phi) is 7.79. The van der Waals surface area contributed by atoms with Crippen LogP contribution in [0.1, 0.15) is 52.4 Å². The Bertz CT molecular complexity index is 786. The molecule has 1 aromatic carbocycles. The van der Waals surface area contributed by atoms with Crippen LogP contribution in [0.4, 0.5) is 0 Å². The zero-order valence-corrected chi connectivity index (χ0v) is 18.5. The van der Waals surface area contributed by atoms with Gasteiger partial charge in [0.25, 0.3) is 0 Å². The average Bonchev–Trinajstić information content (AvgIpc) is 2.67. The number of hydrogen-bond acceptors (Lipinski definition) is 6. The van der Waals surface area contributed by atoms with E-state index >= 15 is 0 Å². The highest BCUT2D eigenvalue weighted by atomic mass is 16.5. The van der Waals surface area contributed by atoms with E-state index in [0.717, 1.165) is 24.2 Å². The van der Waals surface area contributed by atoms with Crippen molar-refractivity contribution in [3.05, 3.63) is 35.7 Å². The van der Waals surface area contributed by atoms with Gasteiger partial charge in [-0.1, -0.05) is 58.9 Å². The Morgan fingerprint density at radius 1 is 0.966 bits per heavy atom. The second-order valence-corrected chi connectivity index (χ2v) is 9.10. The summed E-state index contributed by atoms with van der Waals surface area (Å²) in [5.74, 6) is 0.999. The summed E-state index contributed by atoms with van der Waals surface area (Å²) >= 11 is 0. The predicted molar refractivity (Wildman–Crippen MR) is 113 cm³/mol. The molecule has 7 heteroatoms. The molecule has 7 nitrogen and oxygen atoms in total. The Morgan fingerprint density at radius 2 is 1.55 bits per heavy atom. The molecule has 1 heterocycles. The molecule has 0 aliphatic carbocycles.